The predicted molar refractivity (Wildman–Crippen MR) is 112 cm³/mol. The molecule has 6 nitrogen and oxygen atoms in total. The van der Waals surface area contributed by atoms with Crippen LogP contribution in [0, 0.1) is 11.8 Å². The molecule has 0 bridgehead atoms. The summed E-state index contributed by atoms with van der Waals surface area (Å²) in [4.78, 5) is 49.4. The average Bonchev–Trinajstić information content (AvgIpc) is 3.18. The molecule has 0 fully saturated rings. The topological polar surface area (TPSA) is 74.8 Å². The number of amides is 4. The molecular formula is C23H34N2O4. The Labute approximate surface area is 174 Å². The van der Waals surface area contributed by atoms with Gasteiger partial charge in [0.1, 0.15) is 0 Å². The highest BCUT2D eigenvalue weighted by molar-refractivity contribution is 6.13. The van der Waals surface area contributed by atoms with E-state index in [0.717, 1.165) is 57.8 Å². The van der Waals surface area contributed by atoms with E-state index in [1.165, 1.54) is 34.1 Å². The highest BCUT2D eigenvalue weighted by atomic mass is 16.2. The zero-order valence-corrected chi connectivity index (χ0v) is 17.8. The summed E-state index contributed by atoms with van der Waals surface area (Å²) in [5.74, 6) is 0.346. The summed E-state index contributed by atoms with van der Waals surface area (Å²) < 4.78 is 0. The molecule has 0 aromatic heterocycles. The van der Waals surface area contributed by atoms with Crippen molar-refractivity contribution in [1.82, 2.24) is 9.80 Å². The second-order valence-electron chi connectivity index (χ2n) is 8.15. The van der Waals surface area contributed by atoms with E-state index in [9.17, 15) is 19.2 Å². The highest BCUT2D eigenvalue weighted by Crippen LogP contribution is 2.28. The van der Waals surface area contributed by atoms with E-state index in [1.807, 2.05) is 0 Å². The molecule has 2 atom stereocenters. The third kappa shape index (κ3) is 6.94. The van der Waals surface area contributed by atoms with E-state index in [2.05, 4.69) is 13.8 Å². The van der Waals surface area contributed by atoms with Gasteiger partial charge in [-0.25, -0.2) is 0 Å². The Hall–Kier alpha value is -2.24. The minimum atomic E-state index is -0.202. The molecule has 2 rings (SSSR count). The van der Waals surface area contributed by atoms with Gasteiger partial charge in [0, 0.05) is 37.4 Å². The first-order valence-corrected chi connectivity index (χ1v) is 11.0. The van der Waals surface area contributed by atoms with Crippen molar-refractivity contribution in [2.45, 2.75) is 71.6 Å². The maximum atomic E-state index is 11.7. The lowest BCUT2D eigenvalue weighted by atomic mass is 9.83. The van der Waals surface area contributed by atoms with E-state index in [0.29, 0.717) is 24.9 Å². The Morgan fingerprint density at radius 2 is 0.966 bits per heavy atom. The highest BCUT2D eigenvalue weighted by Gasteiger charge is 2.25. The minimum absolute atomic E-state index is 0.202. The minimum Gasteiger partial charge on any atom is -0.275 e. The zero-order chi connectivity index (χ0) is 21.2. The second kappa shape index (κ2) is 11.7. The van der Waals surface area contributed by atoms with Gasteiger partial charge >= 0.3 is 0 Å². The Morgan fingerprint density at radius 1 is 0.621 bits per heavy atom. The van der Waals surface area contributed by atoms with Crippen molar-refractivity contribution in [1.29, 1.82) is 0 Å². The van der Waals surface area contributed by atoms with Crippen LogP contribution >= 0.6 is 0 Å². The molecule has 6 heteroatoms. The normalized spacial score (nSPS) is 18.4. The molecule has 160 valence electrons. The van der Waals surface area contributed by atoms with Crippen LogP contribution < -0.4 is 0 Å². The van der Waals surface area contributed by atoms with Crippen LogP contribution in [-0.4, -0.2) is 46.5 Å². The second-order valence-corrected chi connectivity index (χ2v) is 8.15. The van der Waals surface area contributed by atoms with Crippen LogP contribution in [0.15, 0.2) is 24.3 Å². The van der Waals surface area contributed by atoms with Gasteiger partial charge in [0.2, 0.25) is 0 Å². The third-order valence-corrected chi connectivity index (χ3v) is 5.85. The molecule has 2 unspecified atom stereocenters. The summed E-state index contributed by atoms with van der Waals surface area (Å²) in [6, 6.07) is 0. The molecule has 0 spiro atoms. The van der Waals surface area contributed by atoms with Crippen LogP contribution in [0.5, 0.6) is 0 Å². The van der Waals surface area contributed by atoms with Gasteiger partial charge in [-0.1, -0.05) is 39.5 Å². The van der Waals surface area contributed by atoms with Crippen LogP contribution in [0.3, 0.4) is 0 Å². The summed E-state index contributed by atoms with van der Waals surface area (Å²) in [6.45, 7) is 5.37. The number of carbonyl (C=O) groups is 4. The van der Waals surface area contributed by atoms with E-state index in [-0.39, 0.29) is 23.6 Å². The van der Waals surface area contributed by atoms with Gasteiger partial charge in [0.05, 0.1) is 0 Å². The quantitative estimate of drug-likeness (QED) is 0.416. The van der Waals surface area contributed by atoms with Gasteiger partial charge in [-0.05, 0) is 43.9 Å². The Balaban J connectivity index is 1.77. The number of rotatable bonds is 14. The van der Waals surface area contributed by atoms with E-state index >= 15 is 0 Å². The molecule has 2 heterocycles. The first-order valence-electron chi connectivity index (χ1n) is 11.0. The smallest absolute Gasteiger partial charge is 0.253 e. The number of carbonyl (C=O) groups excluding carboxylic acids is 4. The van der Waals surface area contributed by atoms with Crippen molar-refractivity contribution in [2.24, 2.45) is 11.8 Å². The molecule has 2 aliphatic heterocycles. The van der Waals surface area contributed by atoms with Crippen LogP contribution in [0.25, 0.3) is 0 Å². The van der Waals surface area contributed by atoms with Gasteiger partial charge in [-0.2, -0.15) is 0 Å². The summed E-state index contributed by atoms with van der Waals surface area (Å²) >= 11 is 0. The Morgan fingerprint density at radius 3 is 1.28 bits per heavy atom. The first kappa shape index (κ1) is 23.0. The van der Waals surface area contributed by atoms with Crippen LogP contribution in [0.1, 0.15) is 71.6 Å². The van der Waals surface area contributed by atoms with Gasteiger partial charge in [-0.3, -0.25) is 29.0 Å². The Bertz CT molecular complexity index is 576. The van der Waals surface area contributed by atoms with E-state index < -0.39 is 0 Å². The van der Waals surface area contributed by atoms with Crippen molar-refractivity contribution in [3.8, 4) is 0 Å². The summed E-state index contributed by atoms with van der Waals surface area (Å²) in [7, 11) is 0. The molecule has 0 N–H and O–H groups in total. The average molecular weight is 403 g/mol. The van der Waals surface area contributed by atoms with Crippen molar-refractivity contribution in [3.63, 3.8) is 0 Å². The van der Waals surface area contributed by atoms with E-state index in [4.69, 9.17) is 0 Å². The monoisotopic (exact) mass is 402 g/mol. The summed E-state index contributed by atoms with van der Waals surface area (Å²) in [6.07, 6.45) is 14.7. The summed E-state index contributed by atoms with van der Waals surface area (Å²) in [5, 5.41) is 0. The Kier molecular flexibility index (Phi) is 9.29. The molecule has 0 aliphatic carbocycles. The zero-order valence-electron chi connectivity index (χ0n) is 17.8. The van der Waals surface area contributed by atoms with Crippen molar-refractivity contribution < 1.29 is 19.2 Å². The van der Waals surface area contributed by atoms with Crippen molar-refractivity contribution >= 4 is 23.6 Å². The summed E-state index contributed by atoms with van der Waals surface area (Å²) in [5.41, 5.74) is 0. The van der Waals surface area contributed by atoms with Gasteiger partial charge in [0.15, 0.2) is 0 Å². The fraction of sp³-hybridized carbons (Fsp3) is 0.652. The predicted octanol–water partition coefficient (Wildman–Crippen LogP) is 3.62. The fourth-order valence-electron chi connectivity index (χ4n) is 4.43. The van der Waals surface area contributed by atoms with Gasteiger partial charge < -0.3 is 0 Å². The molecule has 4 amide bonds. The maximum absolute atomic E-state index is 11.7. The van der Waals surface area contributed by atoms with E-state index in [1.54, 1.807) is 0 Å². The first-order chi connectivity index (χ1) is 14.0. The van der Waals surface area contributed by atoms with Crippen LogP contribution in [-0.2, 0) is 19.2 Å². The molecule has 0 aromatic carbocycles. The molecule has 0 saturated carbocycles. The van der Waals surface area contributed by atoms with Crippen LogP contribution in [0.4, 0.5) is 0 Å². The largest absolute Gasteiger partial charge is 0.275 e. The molecule has 0 aromatic rings. The molecule has 0 saturated heterocycles. The number of imide groups is 2. The van der Waals surface area contributed by atoms with Gasteiger partial charge in [-0.15, -0.1) is 0 Å². The standard InChI is InChI=1S/C23H34N2O4/c1-3-7-18(9-5-15-24-20(26)11-12-21(24)27)17-19(8-4-2)10-6-16-25-22(28)13-14-23(25)29/h11-14,18-19H,3-10,15-17H2,1-2H3. The number of nitrogens with zero attached hydrogens (tertiary/aromatic N) is 2. The number of hydrogen-bond acceptors (Lipinski definition) is 4. The lowest BCUT2D eigenvalue weighted by Crippen LogP contribution is -2.31. The fourth-order valence-corrected chi connectivity index (χ4v) is 4.43. The lowest BCUT2D eigenvalue weighted by Gasteiger charge is -2.25. The van der Waals surface area contributed by atoms with Crippen LogP contribution in [0.2, 0.25) is 0 Å². The molecule has 0 radical (unpaired) electrons. The third-order valence-electron chi connectivity index (χ3n) is 5.85. The molecule has 2 aliphatic rings. The maximum Gasteiger partial charge on any atom is 0.253 e. The van der Waals surface area contributed by atoms with Gasteiger partial charge in [0.25, 0.3) is 23.6 Å². The number of hydrogen-bond donors (Lipinski definition) is 0. The lowest BCUT2D eigenvalue weighted by molar-refractivity contribution is -0.138. The SMILES string of the molecule is CCCC(CCCN1C(=O)C=CC1=O)CC(CCC)CCCN1C(=O)C=CC1=O. The molecule has 29 heavy (non-hydrogen) atoms. The van der Waals surface area contributed by atoms with Crippen molar-refractivity contribution in [3.05, 3.63) is 24.3 Å². The molecular weight excluding hydrogens is 368 g/mol. The van der Waals surface area contributed by atoms with Crippen molar-refractivity contribution in [2.75, 3.05) is 13.1 Å².